The van der Waals surface area contributed by atoms with Crippen LogP contribution >= 0.6 is 0 Å². The van der Waals surface area contributed by atoms with E-state index >= 15 is 0 Å². The minimum absolute atomic E-state index is 0.0681. The van der Waals surface area contributed by atoms with E-state index in [9.17, 15) is 14.0 Å². The molecule has 0 spiro atoms. The molecule has 3 N–H and O–H groups in total. The molecule has 0 aliphatic carbocycles. The molecule has 1 unspecified atom stereocenters. The van der Waals surface area contributed by atoms with Crippen molar-refractivity contribution in [1.29, 1.82) is 0 Å². The third-order valence-electron chi connectivity index (χ3n) is 5.65. The molecule has 0 radical (unpaired) electrons. The Balaban J connectivity index is 1.45. The van der Waals surface area contributed by atoms with Gasteiger partial charge in [-0.15, -0.1) is 0 Å². The van der Waals surface area contributed by atoms with Gasteiger partial charge in [-0.05, 0) is 47.9 Å². The van der Waals surface area contributed by atoms with Crippen LogP contribution in [0.15, 0.2) is 91.4 Å². The third-order valence-corrected chi connectivity index (χ3v) is 5.65. The van der Waals surface area contributed by atoms with Crippen molar-refractivity contribution in [2.75, 3.05) is 6.54 Å². The predicted octanol–water partition coefficient (Wildman–Crippen LogP) is 3.61. The predicted molar refractivity (Wildman–Crippen MR) is 136 cm³/mol. The number of carbonyl (C=O) groups is 2. The largest absolute Gasteiger partial charge is 0.369 e. The van der Waals surface area contributed by atoms with Gasteiger partial charge in [0.05, 0.1) is 12.5 Å². The minimum Gasteiger partial charge on any atom is -0.369 e. The normalized spacial score (nSPS) is 11.9. The smallest absolute Gasteiger partial charge is 0.244 e. The van der Waals surface area contributed by atoms with Crippen LogP contribution in [-0.2, 0) is 22.6 Å². The number of primary amides is 1. The summed E-state index contributed by atoms with van der Waals surface area (Å²) in [5.74, 6) is -1.88. The molecule has 8 heteroatoms. The van der Waals surface area contributed by atoms with Crippen molar-refractivity contribution in [3.63, 3.8) is 0 Å². The number of rotatable bonds is 10. The lowest BCUT2D eigenvalue weighted by Crippen LogP contribution is -2.36. The molecule has 4 rings (SSSR count). The Morgan fingerprint density at radius 2 is 1.81 bits per heavy atom. The molecule has 2 amide bonds. The highest BCUT2D eigenvalue weighted by molar-refractivity contribution is 5.93. The highest BCUT2D eigenvalue weighted by Gasteiger charge is 2.17. The van der Waals surface area contributed by atoms with Crippen molar-refractivity contribution in [2.45, 2.75) is 13.0 Å². The first kappa shape index (κ1) is 24.5. The first-order valence-corrected chi connectivity index (χ1v) is 11.5. The summed E-state index contributed by atoms with van der Waals surface area (Å²) in [5, 5.41) is 7.44. The number of hydrogen-bond acceptors (Lipinski definition) is 4. The Bertz CT molecular complexity index is 1340. The van der Waals surface area contributed by atoms with E-state index < -0.39 is 11.8 Å². The molecule has 2 heterocycles. The Morgan fingerprint density at radius 1 is 1.03 bits per heavy atom. The zero-order valence-electron chi connectivity index (χ0n) is 19.5. The lowest BCUT2D eigenvalue weighted by Gasteiger charge is -2.13. The van der Waals surface area contributed by atoms with Crippen molar-refractivity contribution >= 4 is 17.9 Å². The van der Waals surface area contributed by atoms with Gasteiger partial charge in [0.2, 0.25) is 11.8 Å². The number of aromatic nitrogens is 3. The van der Waals surface area contributed by atoms with Crippen LogP contribution in [0.1, 0.15) is 16.7 Å². The fraction of sp³-hybridized carbons (Fsp3) is 0.143. The molecule has 0 saturated carbocycles. The molecule has 36 heavy (non-hydrogen) atoms. The maximum absolute atomic E-state index is 13.1. The van der Waals surface area contributed by atoms with Crippen molar-refractivity contribution in [3.8, 4) is 11.3 Å². The number of nitrogens with one attached hydrogen (secondary N) is 1. The van der Waals surface area contributed by atoms with Gasteiger partial charge in [0.15, 0.2) is 0 Å². The average Bonchev–Trinajstić information content (AvgIpc) is 3.29. The van der Waals surface area contributed by atoms with Crippen molar-refractivity contribution in [2.24, 2.45) is 11.7 Å². The number of hydrogen-bond donors (Lipinski definition) is 2. The lowest BCUT2D eigenvalue weighted by atomic mass is 9.98. The van der Waals surface area contributed by atoms with Gasteiger partial charge in [-0.1, -0.05) is 42.5 Å². The van der Waals surface area contributed by atoms with E-state index in [1.165, 1.54) is 18.2 Å². The van der Waals surface area contributed by atoms with Crippen molar-refractivity contribution in [3.05, 3.63) is 114 Å². The van der Waals surface area contributed by atoms with Crippen LogP contribution in [0, 0.1) is 11.7 Å². The minimum atomic E-state index is -0.618. The van der Waals surface area contributed by atoms with Crippen LogP contribution in [0.3, 0.4) is 0 Å². The molecule has 0 fully saturated rings. The second-order valence-corrected chi connectivity index (χ2v) is 8.37. The summed E-state index contributed by atoms with van der Waals surface area (Å²) < 4.78 is 15.0. The SMILES string of the molecule is NC(=O)C(CNC(=O)/C=C/c1cn(Cc2ccccc2)nc1-c1cccnc1)Cc1ccc(F)cc1. The van der Waals surface area contributed by atoms with E-state index in [1.54, 1.807) is 30.6 Å². The Morgan fingerprint density at radius 3 is 2.50 bits per heavy atom. The second-order valence-electron chi connectivity index (χ2n) is 8.37. The fourth-order valence-corrected chi connectivity index (χ4v) is 3.76. The van der Waals surface area contributed by atoms with Crippen LogP contribution in [-0.4, -0.2) is 33.1 Å². The summed E-state index contributed by atoms with van der Waals surface area (Å²) in [6.45, 7) is 0.649. The van der Waals surface area contributed by atoms with Crippen molar-refractivity contribution < 1.29 is 14.0 Å². The molecule has 4 aromatic rings. The quantitative estimate of drug-likeness (QED) is 0.336. The first-order chi connectivity index (χ1) is 17.5. The van der Waals surface area contributed by atoms with Gasteiger partial charge in [-0.3, -0.25) is 19.3 Å². The van der Waals surface area contributed by atoms with Crippen LogP contribution in [0.4, 0.5) is 4.39 Å². The third kappa shape index (κ3) is 6.73. The Hall–Kier alpha value is -4.59. The maximum Gasteiger partial charge on any atom is 0.244 e. The van der Waals surface area contributed by atoms with Crippen LogP contribution in [0.2, 0.25) is 0 Å². The molecule has 0 saturated heterocycles. The van der Waals surface area contributed by atoms with Crippen LogP contribution in [0.25, 0.3) is 17.3 Å². The molecule has 0 aliphatic heterocycles. The van der Waals surface area contributed by atoms with E-state index in [-0.39, 0.29) is 18.3 Å². The van der Waals surface area contributed by atoms with E-state index in [1.807, 2.05) is 53.3 Å². The number of benzene rings is 2. The number of nitrogens with zero attached hydrogens (tertiary/aromatic N) is 3. The Labute approximate surface area is 208 Å². The molecule has 2 aromatic carbocycles. The number of pyridine rings is 1. The monoisotopic (exact) mass is 483 g/mol. The average molecular weight is 484 g/mol. The number of carbonyl (C=O) groups excluding carboxylic acids is 2. The van der Waals surface area contributed by atoms with Crippen LogP contribution < -0.4 is 11.1 Å². The first-order valence-electron chi connectivity index (χ1n) is 11.5. The lowest BCUT2D eigenvalue weighted by molar-refractivity contribution is -0.122. The van der Waals surface area contributed by atoms with Gasteiger partial charge >= 0.3 is 0 Å². The van der Waals surface area contributed by atoms with Crippen LogP contribution in [0.5, 0.6) is 0 Å². The molecule has 2 aromatic heterocycles. The maximum atomic E-state index is 13.1. The highest BCUT2D eigenvalue weighted by atomic mass is 19.1. The zero-order valence-corrected chi connectivity index (χ0v) is 19.5. The van der Waals surface area contributed by atoms with Gasteiger partial charge in [0, 0.05) is 42.3 Å². The van der Waals surface area contributed by atoms with E-state index in [0.29, 0.717) is 18.7 Å². The number of amides is 2. The number of nitrogens with two attached hydrogens (primary N) is 1. The molecular formula is C28H26FN5O2. The highest BCUT2D eigenvalue weighted by Crippen LogP contribution is 2.23. The second kappa shape index (κ2) is 11.7. The van der Waals surface area contributed by atoms with Gasteiger partial charge in [-0.2, -0.15) is 5.10 Å². The molecule has 0 bridgehead atoms. The molecule has 0 aliphatic rings. The van der Waals surface area contributed by atoms with E-state index in [4.69, 9.17) is 10.8 Å². The summed E-state index contributed by atoms with van der Waals surface area (Å²) in [5.41, 5.74) is 9.67. The summed E-state index contributed by atoms with van der Waals surface area (Å²) in [4.78, 5) is 28.6. The molecule has 1 atom stereocenters. The van der Waals surface area contributed by atoms with E-state index in [2.05, 4.69) is 10.3 Å². The van der Waals surface area contributed by atoms with Gasteiger partial charge in [0.25, 0.3) is 0 Å². The molecule has 7 nitrogen and oxygen atoms in total. The summed E-state index contributed by atoms with van der Waals surface area (Å²) >= 11 is 0. The zero-order chi connectivity index (χ0) is 25.3. The summed E-state index contributed by atoms with van der Waals surface area (Å²) in [6, 6.07) is 19.5. The Kier molecular flexibility index (Phi) is 7.97. The van der Waals surface area contributed by atoms with Crippen molar-refractivity contribution in [1.82, 2.24) is 20.1 Å². The molecular weight excluding hydrogens is 457 g/mol. The summed E-state index contributed by atoms with van der Waals surface area (Å²) in [7, 11) is 0. The van der Waals surface area contributed by atoms with Gasteiger partial charge in [-0.25, -0.2) is 4.39 Å². The van der Waals surface area contributed by atoms with Gasteiger partial charge < -0.3 is 11.1 Å². The fourth-order valence-electron chi connectivity index (χ4n) is 3.76. The number of halogens is 1. The van der Waals surface area contributed by atoms with Gasteiger partial charge in [0.1, 0.15) is 11.5 Å². The van der Waals surface area contributed by atoms with E-state index in [0.717, 1.165) is 22.3 Å². The summed E-state index contributed by atoms with van der Waals surface area (Å²) in [6.07, 6.45) is 8.68. The topological polar surface area (TPSA) is 103 Å². The standard InChI is InChI=1S/C28H26FN5O2/c29-25-11-8-20(9-12-25)15-24(28(30)36)17-32-26(35)13-10-23-19-34(18-21-5-2-1-3-6-21)33-27(23)22-7-4-14-31-16-22/h1-14,16,19,24H,15,17-18H2,(H2,30,36)(H,32,35)/b13-10+. The molecule has 182 valence electrons.